The first-order chi connectivity index (χ1) is 14.2. The minimum Gasteiger partial charge on any atom is -0.368 e. The SMILES string of the molecule is Nc1nccc(-c2c(-c3ccc(F)cc3)nc3n2CCC(C2CCNCC2)=C3)n1. The number of hydrogen-bond donors (Lipinski definition) is 2. The third-order valence-corrected chi connectivity index (χ3v) is 5.83. The Labute approximate surface area is 168 Å². The highest BCUT2D eigenvalue weighted by atomic mass is 19.1. The zero-order valence-corrected chi connectivity index (χ0v) is 16.1. The van der Waals surface area contributed by atoms with E-state index in [-0.39, 0.29) is 11.8 Å². The lowest BCUT2D eigenvalue weighted by atomic mass is 9.86. The van der Waals surface area contributed by atoms with Gasteiger partial charge in [-0.05, 0) is 74.7 Å². The summed E-state index contributed by atoms with van der Waals surface area (Å²) in [5, 5.41) is 3.43. The Hall–Kier alpha value is -3.06. The molecule has 1 aromatic carbocycles. The van der Waals surface area contributed by atoms with Gasteiger partial charge in [-0.3, -0.25) is 0 Å². The minimum absolute atomic E-state index is 0.227. The molecule has 0 atom stereocenters. The Kier molecular flexibility index (Phi) is 4.60. The third kappa shape index (κ3) is 3.42. The number of nitrogens with one attached hydrogen (secondary N) is 1. The molecule has 29 heavy (non-hydrogen) atoms. The van der Waals surface area contributed by atoms with Crippen LogP contribution in [0, 0.1) is 11.7 Å². The van der Waals surface area contributed by atoms with Crippen LogP contribution in [0.3, 0.4) is 0 Å². The zero-order valence-electron chi connectivity index (χ0n) is 16.1. The first-order valence-electron chi connectivity index (χ1n) is 10.1. The van der Waals surface area contributed by atoms with Crippen LogP contribution in [0.2, 0.25) is 0 Å². The molecule has 0 bridgehead atoms. The molecule has 1 saturated heterocycles. The number of nitrogens with zero attached hydrogens (tertiary/aromatic N) is 4. The number of aromatic nitrogens is 4. The van der Waals surface area contributed by atoms with Gasteiger partial charge in [0.25, 0.3) is 0 Å². The highest BCUT2D eigenvalue weighted by Crippen LogP contribution is 2.37. The van der Waals surface area contributed by atoms with Crippen LogP contribution in [0.25, 0.3) is 28.7 Å². The van der Waals surface area contributed by atoms with Crippen molar-refractivity contribution in [2.75, 3.05) is 18.8 Å². The second-order valence-corrected chi connectivity index (χ2v) is 7.62. The number of allylic oxidation sites excluding steroid dienone is 1. The third-order valence-electron chi connectivity index (χ3n) is 5.83. The van der Waals surface area contributed by atoms with Gasteiger partial charge in [0, 0.05) is 18.3 Å². The first-order valence-corrected chi connectivity index (χ1v) is 10.1. The highest BCUT2D eigenvalue weighted by molar-refractivity contribution is 5.79. The summed E-state index contributed by atoms with van der Waals surface area (Å²) in [5.41, 5.74) is 10.6. The number of nitrogen functional groups attached to an aromatic ring is 1. The molecule has 5 rings (SSSR count). The largest absolute Gasteiger partial charge is 0.368 e. The maximum absolute atomic E-state index is 13.5. The zero-order chi connectivity index (χ0) is 19.8. The van der Waals surface area contributed by atoms with Crippen molar-refractivity contribution >= 4 is 12.0 Å². The number of rotatable bonds is 3. The van der Waals surface area contributed by atoms with Crippen molar-refractivity contribution in [3.63, 3.8) is 0 Å². The Balaban J connectivity index is 1.64. The van der Waals surface area contributed by atoms with Gasteiger partial charge >= 0.3 is 0 Å². The van der Waals surface area contributed by atoms with Crippen molar-refractivity contribution in [1.29, 1.82) is 0 Å². The average Bonchev–Trinajstić information content (AvgIpc) is 3.13. The number of halogens is 1. The molecule has 6 nitrogen and oxygen atoms in total. The molecule has 1 fully saturated rings. The van der Waals surface area contributed by atoms with Gasteiger partial charge < -0.3 is 15.6 Å². The molecule has 0 radical (unpaired) electrons. The molecule has 7 heteroatoms. The average molecular weight is 390 g/mol. The Morgan fingerprint density at radius 1 is 1.07 bits per heavy atom. The maximum Gasteiger partial charge on any atom is 0.220 e. The van der Waals surface area contributed by atoms with Gasteiger partial charge in [0.05, 0.1) is 17.1 Å². The molecular formula is C22H23FN6. The summed E-state index contributed by atoms with van der Waals surface area (Å²) in [6.07, 6.45) is 7.25. The molecule has 0 unspecified atom stereocenters. The van der Waals surface area contributed by atoms with E-state index in [0.717, 1.165) is 54.5 Å². The van der Waals surface area contributed by atoms with Crippen LogP contribution in [0.5, 0.6) is 0 Å². The van der Waals surface area contributed by atoms with Crippen LogP contribution in [0.1, 0.15) is 25.1 Å². The molecule has 2 aliphatic heterocycles. The van der Waals surface area contributed by atoms with Crippen LogP contribution in [0.15, 0.2) is 42.1 Å². The number of benzene rings is 1. The lowest BCUT2D eigenvalue weighted by molar-refractivity contribution is 0.406. The van der Waals surface area contributed by atoms with E-state index in [1.165, 1.54) is 30.5 Å². The van der Waals surface area contributed by atoms with Gasteiger partial charge in [-0.15, -0.1) is 0 Å². The van der Waals surface area contributed by atoms with Crippen molar-refractivity contribution in [1.82, 2.24) is 24.8 Å². The van der Waals surface area contributed by atoms with Crippen LogP contribution in [-0.2, 0) is 6.54 Å². The summed E-state index contributed by atoms with van der Waals surface area (Å²) in [5.74, 6) is 1.51. The van der Waals surface area contributed by atoms with Gasteiger partial charge in [0.1, 0.15) is 11.6 Å². The van der Waals surface area contributed by atoms with Crippen molar-refractivity contribution < 1.29 is 4.39 Å². The van der Waals surface area contributed by atoms with Crippen LogP contribution >= 0.6 is 0 Å². The van der Waals surface area contributed by atoms with Crippen molar-refractivity contribution in [2.45, 2.75) is 25.8 Å². The van der Waals surface area contributed by atoms with E-state index in [9.17, 15) is 4.39 Å². The molecule has 0 aliphatic carbocycles. The topological polar surface area (TPSA) is 81.6 Å². The molecule has 2 aromatic heterocycles. The molecule has 148 valence electrons. The number of anilines is 1. The predicted octanol–water partition coefficient (Wildman–Crippen LogP) is 3.52. The number of imidazole rings is 1. The number of piperidine rings is 1. The maximum atomic E-state index is 13.5. The van der Waals surface area contributed by atoms with E-state index < -0.39 is 0 Å². The fourth-order valence-electron chi connectivity index (χ4n) is 4.37. The quantitative estimate of drug-likeness (QED) is 0.715. The van der Waals surface area contributed by atoms with Gasteiger partial charge in [-0.25, -0.2) is 19.3 Å². The molecule has 0 amide bonds. The van der Waals surface area contributed by atoms with Crippen LogP contribution < -0.4 is 11.1 Å². The summed E-state index contributed by atoms with van der Waals surface area (Å²) in [4.78, 5) is 13.4. The normalized spacial score (nSPS) is 17.1. The van der Waals surface area contributed by atoms with Gasteiger partial charge in [0.15, 0.2) is 0 Å². The van der Waals surface area contributed by atoms with E-state index in [1.54, 1.807) is 18.3 Å². The number of hydrogen-bond acceptors (Lipinski definition) is 5. The van der Waals surface area contributed by atoms with Crippen LogP contribution in [-0.4, -0.2) is 32.6 Å². The van der Waals surface area contributed by atoms with Gasteiger partial charge in [-0.1, -0.05) is 5.57 Å². The molecule has 3 aromatic rings. The number of fused-ring (bicyclic) bond motifs is 1. The highest BCUT2D eigenvalue weighted by Gasteiger charge is 2.26. The summed E-state index contributed by atoms with van der Waals surface area (Å²) in [7, 11) is 0. The van der Waals surface area contributed by atoms with E-state index >= 15 is 0 Å². The van der Waals surface area contributed by atoms with E-state index in [4.69, 9.17) is 10.7 Å². The van der Waals surface area contributed by atoms with E-state index in [2.05, 4.69) is 25.9 Å². The van der Waals surface area contributed by atoms with Crippen LogP contribution in [0.4, 0.5) is 10.3 Å². The van der Waals surface area contributed by atoms with Gasteiger partial charge in [-0.2, -0.15) is 0 Å². The smallest absolute Gasteiger partial charge is 0.220 e. The Morgan fingerprint density at radius 2 is 1.86 bits per heavy atom. The molecule has 0 saturated carbocycles. The molecule has 0 spiro atoms. The van der Waals surface area contributed by atoms with E-state index in [0.29, 0.717) is 5.92 Å². The molecule has 2 aliphatic rings. The second-order valence-electron chi connectivity index (χ2n) is 7.62. The molecule has 4 heterocycles. The molecule has 3 N–H and O–H groups in total. The fraction of sp³-hybridized carbons (Fsp3) is 0.318. The van der Waals surface area contributed by atoms with Gasteiger partial charge in [0.2, 0.25) is 5.95 Å². The minimum atomic E-state index is -0.265. The first kappa shape index (κ1) is 18.0. The number of nitrogens with two attached hydrogens (primary N) is 1. The summed E-state index contributed by atoms with van der Waals surface area (Å²) in [6.45, 7) is 2.99. The summed E-state index contributed by atoms with van der Waals surface area (Å²) in [6, 6.07) is 8.29. The summed E-state index contributed by atoms with van der Waals surface area (Å²) < 4.78 is 15.7. The van der Waals surface area contributed by atoms with Crippen molar-refractivity contribution in [3.05, 3.63) is 53.7 Å². The molecular weight excluding hydrogens is 367 g/mol. The predicted molar refractivity (Wildman–Crippen MR) is 111 cm³/mol. The van der Waals surface area contributed by atoms with Crippen molar-refractivity contribution in [2.24, 2.45) is 5.92 Å². The van der Waals surface area contributed by atoms with E-state index in [1.807, 2.05) is 6.07 Å². The Bertz CT molecular complexity index is 1060. The second kappa shape index (κ2) is 7.40. The fourth-order valence-corrected chi connectivity index (χ4v) is 4.37. The van der Waals surface area contributed by atoms with Crippen molar-refractivity contribution in [3.8, 4) is 22.6 Å². The monoisotopic (exact) mass is 390 g/mol. The lowest BCUT2D eigenvalue weighted by Gasteiger charge is -2.28. The summed E-state index contributed by atoms with van der Waals surface area (Å²) >= 11 is 0. The Morgan fingerprint density at radius 3 is 2.62 bits per heavy atom. The lowest BCUT2D eigenvalue weighted by Crippen LogP contribution is -2.29. The standard InChI is InChI=1S/C22H23FN6/c23-17-3-1-15(2-4-17)20-21(18-7-11-26-22(24)27-18)29-12-8-16(13-19(29)28-20)14-5-9-25-10-6-14/h1-4,7,11,13-14,25H,5-6,8-10,12H2,(H2,24,26,27).